The normalized spacial score (nSPS) is 21.1. The zero-order valence-electron chi connectivity index (χ0n) is 25.9. The van der Waals surface area contributed by atoms with Gasteiger partial charge in [0.2, 0.25) is 23.8 Å². The summed E-state index contributed by atoms with van der Waals surface area (Å²) in [5, 5.41) is 26.1. The van der Waals surface area contributed by atoms with Gasteiger partial charge in [-0.3, -0.25) is 5.01 Å². The van der Waals surface area contributed by atoms with Crippen molar-refractivity contribution in [3.05, 3.63) is 23.5 Å². The Balaban J connectivity index is 1.28. The number of aromatic amines is 1. The summed E-state index contributed by atoms with van der Waals surface area (Å²) in [7, 11) is 0. The van der Waals surface area contributed by atoms with Gasteiger partial charge in [-0.2, -0.15) is 24.8 Å². The van der Waals surface area contributed by atoms with E-state index in [-0.39, 0.29) is 52.6 Å². The minimum absolute atomic E-state index is 0.000320. The van der Waals surface area contributed by atoms with E-state index in [0.717, 1.165) is 23.9 Å². The Bertz CT molecular complexity index is 1470. The van der Waals surface area contributed by atoms with E-state index in [1.165, 1.54) is 10.6 Å². The highest BCUT2D eigenvalue weighted by molar-refractivity contribution is 5.85. The van der Waals surface area contributed by atoms with E-state index < -0.39 is 5.54 Å². The lowest BCUT2D eigenvalue weighted by molar-refractivity contribution is 0.157. The Labute approximate surface area is 250 Å². The first-order valence-corrected chi connectivity index (χ1v) is 14.0. The van der Waals surface area contributed by atoms with Crippen LogP contribution < -0.4 is 44.2 Å². The van der Waals surface area contributed by atoms with Crippen molar-refractivity contribution in [1.82, 2.24) is 35.4 Å². The molecule has 0 saturated carbocycles. The van der Waals surface area contributed by atoms with E-state index in [1.807, 2.05) is 20.8 Å². The molecule has 4 rings (SSSR count). The topological polar surface area (TPSA) is 270 Å². The molecule has 1 aliphatic carbocycles. The molecule has 2 aliphatic rings. The SMILES string of the molecule is CC1N(c2nc(N)n(/C(N)=N/NC(N)=Nc3nc(N(N)/C=C(\N)CCCCC4=CC(C)(C)C4(C)C)n[nH]3)n2)N=NC1(C)C. The summed E-state index contributed by atoms with van der Waals surface area (Å²) in [6, 6.07) is -0.0921. The van der Waals surface area contributed by atoms with Gasteiger partial charge in [-0.05, 0) is 57.3 Å². The molecular formula is C25H44N18. The molecule has 18 heteroatoms. The first kappa shape index (κ1) is 31.2. The number of H-pyrrole nitrogens is 1. The zero-order chi connectivity index (χ0) is 31.7. The number of hydrazone groups is 1. The summed E-state index contributed by atoms with van der Waals surface area (Å²) in [6.07, 6.45) is 7.74. The third kappa shape index (κ3) is 6.52. The minimum atomic E-state index is -0.403. The average molecular weight is 597 g/mol. The van der Waals surface area contributed by atoms with E-state index >= 15 is 0 Å². The molecule has 2 aromatic heterocycles. The number of nitrogens with two attached hydrogens (primary N) is 5. The molecule has 0 amide bonds. The summed E-state index contributed by atoms with van der Waals surface area (Å²) < 4.78 is 1.13. The van der Waals surface area contributed by atoms with Crippen LogP contribution in [-0.4, -0.2) is 53.4 Å². The number of nitrogens with one attached hydrogen (secondary N) is 2. The second-order valence-corrected chi connectivity index (χ2v) is 12.4. The average Bonchev–Trinajstić information content (AvgIpc) is 3.62. The predicted octanol–water partition coefficient (Wildman–Crippen LogP) is 1.68. The lowest BCUT2D eigenvalue weighted by Crippen LogP contribution is -2.41. The number of hydrogen-bond acceptors (Lipinski definition) is 13. The molecule has 1 aliphatic heterocycles. The fraction of sp³-hybridized carbons (Fsp3) is 0.600. The summed E-state index contributed by atoms with van der Waals surface area (Å²) in [5.41, 5.74) is 28.8. The number of nitrogen functional groups attached to an aromatic ring is 1. The quantitative estimate of drug-likeness (QED) is 0.0515. The molecule has 18 nitrogen and oxygen atoms in total. The van der Waals surface area contributed by atoms with Crippen LogP contribution in [0.2, 0.25) is 0 Å². The van der Waals surface area contributed by atoms with Crippen LogP contribution in [-0.2, 0) is 0 Å². The number of anilines is 3. The monoisotopic (exact) mass is 596 g/mol. The van der Waals surface area contributed by atoms with Gasteiger partial charge in [0.05, 0.1) is 6.04 Å². The Kier molecular flexibility index (Phi) is 8.35. The van der Waals surface area contributed by atoms with Crippen LogP contribution in [0.5, 0.6) is 0 Å². The Morgan fingerprint density at radius 3 is 2.49 bits per heavy atom. The summed E-state index contributed by atoms with van der Waals surface area (Å²) >= 11 is 0. The molecule has 3 heterocycles. The molecule has 1 atom stereocenters. The van der Waals surface area contributed by atoms with Crippen molar-refractivity contribution in [2.75, 3.05) is 15.8 Å². The van der Waals surface area contributed by atoms with Gasteiger partial charge in [-0.1, -0.05) is 44.6 Å². The molecule has 43 heavy (non-hydrogen) atoms. The van der Waals surface area contributed by atoms with E-state index in [1.54, 1.807) is 11.2 Å². The molecule has 12 N–H and O–H groups in total. The van der Waals surface area contributed by atoms with E-state index in [2.05, 4.69) is 84.9 Å². The highest BCUT2D eigenvalue weighted by atomic mass is 15.7. The molecule has 0 spiro atoms. The lowest BCUT2D eigenvalue weighted by Gasteiger charge is -2.51. The van der Waals surface area contributed by atoms with Crippen molar-refractivity contribution in [1.29, 1.82) is 0 Å². The first-order chi connectivity index (χ1) is 20.0. The van der Waals surface area contributed by atoms with Gasteiger partial charge in [-0.15, -0.1) is 15.3 Å². The van der Waals surface area contributed by atoms with Crippen molar-refractivity contribution in [2.45, 2.75) is 85.7 Å². The maximum Gasteiger partial charge on any atom is 0.269 e. The highest BCUT2D eigenvalue weighted by Crippen LogP contribution is 2.56. The van der Waals surface area contributed by atoms with Crippen LogP contribution >= 0.6 is 0 Å². The van der Waals surface area contributed by atoms with Gasteiger partial charge in [0.15, 0.2) is 0 Å². The van der Waals surface area contributed by atoms with Crippen LogP contribution in [0.15, 0.2) is 44.0 Å². The number of hydrazine groups is 1. The molecule has 2 aromatic rings. The fourth-order valence-electron chi connectivity index (χ4n) is 4.59. The van der Waals surface area contributed by atoms with Crippen molar-refractivity contribution < 1.29 is 0 Å². The number of aromatic nitrogens is 6. The van der Waals surface area contributed by atoms with Crippen molar-refractivity contribution in [3.8, 4) is 0 Å². The highest BCUT2D eigenvalue weighted by Gasteiger charge is 2.45. The molecule has 0 radical (unpaired) electrons. The molecule has 234 valence electrons. The predicted molar refractivity (Wildman–Crippen MR) is 166 cm³/mol. The first-order valence-electron chi connectivity index (χ1n) is 14.0. The van der Waals surface area contributed by atoms with Crippen LogP contribution in [0.1, 0.15) is 74.1 Å². The van der Waals surface area contributed by atoms with E-state index in [0.29, 0.717) is 12.1 Å². The standard InChI is InChI=1S/C25H44N18/c1-14-25(6,7)39-40-42(14)22-32-18(28)43(38-22)19(29)35-34-17(27)31-20-33-21(37-36-20)41(30)13-16(26)11-9-8-10-15-12-23(2,3)24(15,4)5/h12-14H,8-11,26,30H2,1-7H3,(H2,29,35)(H2,28,32,38)(H4,27,31,33,34,36,37)/b16-13-. The number of rotatable bonds is 10. The van der Waals surface area contributed by atoms with Gasteiger partial charge in [-0.25, -0.2) is 21.4 Å². The van der Waals surface area contributed by atoms with Gasteiger partial charge in [0, 0.05) is 11.9 Å². The van der Waals surface area contributed by atoms with Gasteiger partial charge in [0.1, 0.15) is 5.54 Å². The molecule has 0 bridgehead atoms. The molecular weight excluding hydrogens is 552 g/mol. The van der Waals surface area contributed by atoms with Crippen LogP contribution in [0.4, 0.5) is 23.8 Å². The number of nitrogens with zero attached hydrogens (tertiary/aromatic N) is 11. The summed E-state index contributed by atoms with van der Waals surface area (Å²) in [4.78, 5) is 12.5. The summed E-state index contributed by atoms with van der Waals surface area (Å²) in [6.45, 7) is 15.0. The number of unbranched alkanes of at least 4 members (excludes halogenated alkanes) is 1. The van der Waals surface area contributed by atoms with Crippen LogP contribution in [0.3, 0.4) is 0 Å². The maximum absolute atomic E-state index is 6.18. The third-order valence-corrected chi connectivity index (χ3v) is 8.45. The zero-order valence-corrected chi connectivity index (χ0v) is 25.9. The number of allylic oxidation sites excluding steroid dienone is 3. The van der Waals surface area contributed by atoms with Gasteiger partial charge < -0.3 is 22.9 Å². The van der Waals surface area contributed by atoms with Crippen LogP contribution in [0.25, 0.3) is 0 Å². The van der Waals surface area contributed by atoms with E-state index in [4.69, 9.17) is 28.8 Å². The molecule has 0 saturated heterocycles. The second-order valence-electron chi connectivity index (χ2n) is 12.4. The van der Waals surface area contributed by atoms with E-state index in [9.17, 15) is 0 Å². The molecule has 0 fully saturated rings. The third-order valence-electron chi connectivity index (χ3n) is 8.45. The maximum atomic E-state index is 6.18. The Hall–Kier alpha value is -4.74. The second kappa shape index (κ2) is 11.5. The van der Waals surface area contributed by atoms with Crippen molar-refractivity contribution in [3.63, 3.8) is 0 Å². The summed E-state index contributed by atoms with van der Waals surface area (Å²) in [5.74, 6) is 6.27. The Morgan fingerprint density at radius 1 is 1.14 bits per heavy atom. The number of aliphatic imine (C=N–C) groups is 1. The largest absolute Gasteiger partial charge is 0.401 e. The molecule has 0 aromatic carbocycles. The minimum Gasteiger partial charge on any atom is -0.401 e. The Morgan fingerprint density at radius 2 is 1.86 bits per heavy atom. The molecule has 1 unspecified atom stereocenters. The van der Waals surface area contributed by atoms with Gasteiger partial charge in [0.25, 0.3) is 11.9 Å². The van der Waals surface area contributed by atoms with Crippen molar-refractivity contribution >= 4 is 35.7 Å². The van der Waals surface area contributed by atoms with Crippen molar-refractivity contribution in [2.24, 2.45) is 54.3 Å². The lowest BCUT2D eigenvalue weighted by atomic mass is 9.53. The fourth-order valence-corrected chi connectivity index (χ4v) is 4.59. The van der Waals surface area contributed by atoms with Crippen LogP contribution in [0, 0.1) is 10.8 Å². The number of hydrogen-bond donors (Lipinski definition) is 7. The smallest absolute Gasteiger partial charge is 0.269 e. The number of guanidine groups is 1. The van der Waals surface area contributed by atoms with Gasteiger partial charge >= 0.3 is 0 Å².